The van der Waals surface area contributed by atoms with E-state index in [0.717, 1.165) is 24.6 Å². The van der Waals surface area contributed by atoms with E-state index in [0.29, 0.717) is 11.8 Å². The third kappa shape index (κ3) is 2.71. The smallest absolute Gasteiger partial charge is 0.131 e. The molecule has 1 unspecified atom stereocenters. The van der Waals surface area contributed by atoms with Crippen LogP contribution in [0, 0.1) is 5.92 Å². The Kier molecular flexibility index (Phi) is 3.99. The van der Waals surface area contributed by atoms with Crippen LogP contribution in [0.5, 0.6) is 11.5 Å². The van der Waals surface area contributed by atoms with Gasteiger partial charge in [0.05, 0.1) is 0 Å². The summed E-state index contributed by atoms with van der Waals surface area (Å²) >= 11 is 0. The Morgan fingerprint density at radius 2 is 1.42 bits per heavy atom. The van der Waals surface area contributed by atoms with E-state index in [-0.39, 0.29) is 0 Å². The lowest BCUT2D eigenvalue weighted by molar-refractivity contribution is 0.322. The molecule has 26 heavy (non-hydrogen) atoms. The van der Waals surface area contributed by atoms with E-state index in [1.807, 2.05) is 0 Å². The van der Waals surface area contributed by atoms with Gasteiger partial charge in [0, 0.05) is 17.0 Å². The maximum absolute atomic E-state index is 6.35. The maximum Gasteiger partial charge on any atom is 0.131 e. The van der Waals surface area contributed by atoms with Crippen LogP contribution < -0.4 is 10.1 Å². The van der Waals surface area contributed by atoms with Gasteiger partial charge in [-0.3, -0.25) is 0 Å². The minimum atomic E-state index is 0.432. The van der Waals surface area contributed by atoms with E-state index in [9.17, 15) is 0 Å². The summed E-state index contributed by atoms with van der Waals surface area (Å²) in [7, 11) is 0. The van der Waals surface area contributed by atoms with Gasteiger partial charge < -0.3 is 10.1 Å². The summed E-state index contributed by atoms with van der Waals surface area (Å²) in [5.74, 6) is 3.15. The molecule has 5 rings (SSSR count). The van der Waals surface area contributed by atoms with Crippen LogP contribution in [0.4, 0.5) is 0 Å². The fourth-order valence-electron chi connectivity index (χ4n) is 4.49. The standard InChI is InChI=1S/C24H23NO/c1-2-6-17(7-3-1)19-10-11-21-23(16-19)26-22-9-5-4-8-20(22)24(21)18-12-14-25-15-13-18/h1-11,16,18,24-25H,12-15H2. The first-order chi connectivity index (χ1) is 12.9. The first-order valence-electron chi connectivity index (χ1n) is 9.57. The van der Waals surface area contributed by atoms with E-state index in [1.54, 1.807) is 0 Å². The van der Waals surface area contributed by atoms with Crippen LogP contribution in [-0.4, -0.2) is 13.1 Å². The average Bonchev–Trinajstić information content (AvgIpc) is 2.73. The Bertz CT molecular complexity index is 913. The first-order valence-corrected chi connectivity index (χ1v) is 9.57. The molecule has 0 aromatic heterocycles. The van der Waals surface area contributed by atoms with Crippen molar-refractivity contribution in [3.05, 3.63) is 83.9 Å². The van der Waals surface area contributed by atoms with Gasteiger partial charge in [-0.2, -0.15) is 0 Å². The Balaban J connectivity index is 1.61. The molecule has 2 heteroatoms. The highest BCUT2D eigenvalue weighted by atomic mass is 16.5. The molecule has 0 saturated carbocycles. The molecule has 1 fully saturated rings. The molecule has 0 bridgehead atoms. The number of benzene rings is 3. The molecule has 2 aliphatic heterocycles. The molecular weight excluding hydrogens is 318 g/mol. The third-order valence-corrected chi connectivity index (χ3v) is 5.78. The summed E-state index contributed by atoms with van der Waals surface area (Å²) in [6.45, 7) is 2.23. The van der Waals surface area contributed by atoms with E-state index in [4.69, 9.17) is 4.74 Å². The van der Waals surface area contributed by atoms with Gasteiger partial charge in [0.25, 0.3) is 0 Å². The monoisotopic (exact) mass is 341 g/mol. The van der Waals surface area contributed by atoms with Crippen LogP contribution in [-0.2, 0) is 0 Å². The van der Waals surface area contributed by atoms with Gasteiger partial charge in [0.1, 0.15) is 11.5 Å². The Labute approximate surface area is 154 Å². The number of rotatable bonds is 2. The molecule has 1 atom stereocenters. The summed E-state index contributed by atoms with van der Waals surface area (Å²) in [5, 5.41) is 3.50. The number of piperidine rings is 1. The predicted octanol–water partition coefficient (Wildman–Crippen LogP) is 5.59. The maximum atomic E-state index is 6.35. The topological polar surface area (TPSA) is 21.3 Å². The number of fused-ring (bicyclic) bond motifs is 2. The number of nitrogens with one attached hydrogen (secondary N) is 1. The molecule has 0 amide bonds. The summed E-state index contributed by atoms with van der Waals surface area (Å²) in [6, 6.07) is 25.9. The van der Waals surface area contributed by atoms with Crippen LogP contribution in [0.1, 0.15) is 29.9 Å². The van der Waals surface area contributed by atoms with Gasteiger partial charge in [0.15, 0.2) is 0 Å². The van der Waals surface area contributed by atoms with Crippen LogP contribution in [0.25, 0.3) is 11.1 Å². The number of hydrogen-bond acceptors (Lipinski definition) is 2. The van der Waals surface area contributed by atoms with E-state index in [1.165, 1.54) is 35.1 Å². The van der Waals surface area contributed by atoms with Crippen molar-refractivity contribution in [1.29, 1.82) is 0 Å². The van der Waals surface area contributed by atoms with Crippen molar-refractivity contribution >= 4 is 0 Å². The molecule has 130 valence electrons. The molecule has 3 aromatic carbocycles. The molecule has 1 saturated heterocycles. The van der Waals surface area contributed by atoms with Gasteiger partial charge in [-0.25, -0.2) is 0 Å². The fourth-order valence-corrected chi connectivity index (χ4v) is 4.49. The molecule has 0 spiro atoms. The normalized spacial score (nSPS) is 19.3. The van der Waals surface area contributed by atoms with Crippen LogP contribution in [0.15, 0.2) is 72.8 Å². The highest BCUT2D eigenvalue weighted by molar-refractivity contribution is 5.68. The number of para-hydroxylation sites is 1. The highest BCUT2D eigenvalue weighted by Gasteiger charge is 2.34. The lowest BCUT2D eigenvalue weighted by atomic mass is 9.74. The van der Waals surface area contributed by atoms with Crippen molar-refractivity contribution in [1.82, 2.24) is 5.32 Å². The van der Waals surface area contributed by atoms with Gasteiger partial charge >= 0.3 is 0 Å². The molecule has 2 aliphatic rings. The second kappa shape index (κ2) is 6.62. The minimum absolute atomic E-state index is 0.432. The first kappa shape index (κ1) is 15.7. The van der Waals surface area contributed by atoms with E-state index in [2.05, 4.69) is 78.1 Å². The van der Waals surface area contributed by atoms with Crippen molar-refractivity contribution in [2.24, 2.45) is 5.92 Å². The molecular formula is C24H23NO. The SMILES string of the molecule is c1ccc(-c2ccc3c(c2)Oc2ccccc2C3C2CCNCC2)cc1. The van der Waals surface area contributed by atoms with E-state index >= 15 is 0 Å². The van der Waals surface area contributed by atoms with Crippen LogP contribution >= 0.6 is 0 Å². The molecule has 3 aromatic rings. The summed E-state index contributed by atoms with van der Waals surface area (Å²) in [6.07, 6.45) is 2.44. The van der Waals surface area contributed by atoms with E-state index < -0.39 is 0 Å². The molecule has 0 radical (unpaired) electrons. The lowest BCUT2D eigenvalue weighted by Gasteiger charge is -2.36. The Hall–Kier alpha value is -2.58. The van der Waals surface area contributed by atoms with Crippen molar-refractivity contribution in [2.45, 2.75) is 18.8 Å². The Morgan fingerprint density at radius 3 is 2.27 bits per heavy atom. The van der Waals surface area contributed by atoms with Gasteiger partial charge in [-0.05, 0) is 55.1 Å². The largest absolute Gasteiger partial charge is 0.457 e. The minimum Gasteiger partial charge on any atom is -0.457 e. The van der Waals surface area contributed by atoms with Gasteiger partial charge in [-0.15, -0.1) is 0 Å². The Morgan fingerprint density at radius 1 is 0.692 bits per heavy atom. The fraction of sp³-hybridized carbons (Fsp3) is 0.250. The third-order valence-electron chi connectivity index (χ3n) is 5.78. The summed E-state index contributed by atoms with van der Waals surface area (Å²) in [5.41, 5.74) is 5.14. The van der Waals surface area contributed by atoms with Crippen LogP contribution in [0.3, 0.4) is 0 Å². The molecule has 1 N–H and O–H groups in total. The second-order valence-electron chi connectivity index (χ2n) is 7.32. The highest BCUT2D eigenvalue weighted by Crippen LogP contribution is 2.50. The van der Waals surface area contributed by atoms with Crippen molar-refractivity contribution in [3.63, 3.8) is 0 Å². The molecule has 2 heterocycles. The van der Waals surface area contributed by atoms with Gasteiger partial charge in [-0.1, -0.05) is 60.7 Å². The van der Waals surface area contributed by atoms with Crippen molar-refractivity contribution in [3.8, 4) is 22.6 Å². The van der Waals surface area contributed by atoms with Crippen molar-refractivity contribution < 1.29 is 4.74 Å². The molecule has 2 nitrogen and oxygen atoms in total. The lowest BCUT2D eigenvalue weighted by Crippen LogP contribution is -2.32. The quantitative estimate of drug-likeness (QED) is 0.656. The number of hydrogen-bond donors (Lipinski definition) is 1. The predicted molar refractivity (Wildman–Crippen MR) is 106 cm³/mol. The van der Waals surface area contributed by atoms with Crippen molar-refractivity contribution in [2.75, 3.05) is 13.1 Å². The van der Waals surface area contributed by atoms with Gasteiger partial charge in [0.2, 0.25) is 0 Å². The summed E-state index contributed by atoms with van der Waals surface area (Å²) < 4.78 is 6.35. The average molecular weight is 341 g/mol. The zero-order chi connectivity index (χ0) is 17.3. The number of ether oxygens (including phenoxy) is 1. The summed E-state index contributed by atoms with van der Waals surface area (Å²) in [4.78, 5) is 0. The zero-order valence-corrected chi connectivity index (χ0v) is 14.8. The second-order valence-corrected chi connectivity index (χ2v) is 7.32. The zero-order valence-electron chi connectivity index (χ0n) is 14.8. The van der Waals surface area contributed by atoms with Crippen LogP contribution in [0.2, 0.25) is 0 Å². The molecule has 0 aliphatic carbocycles.